The Hall–Kier alpha value is -2.38. The highest BCUT2D eigenvalue weighted by atomic mass is 35.5. The van der Waals surface area contributed by atoms with Gasteiger partial charge in [0.25, 0.3) is 0 Å². The number of ether oxygens (including phenoxy) is 1. The SMILES string of the molecule is Cc1ccc(NC(=O)[C@H]2[C@@H]3C=C[C@]4(O3)[C@@H]2C(=O)N(C2CCCCC2)[C@@H]4C(=O)NC2CCCCC2)cc1Cl. The van der Waals surface area contributed by atoms with E-state index in [1.165, 1.54) is 6.42 Å². The van der Waals surface area contributed by atoms with Crippen LogP contribution in [0.2, 0.25) is 5.02 Å². The van der Waals surface area contributed by atoms with Gasteiger partial charge in [-0.2, -0.15) is 0 Å². The highest BCUT2D eigenvalue weighted by Gasteiger charge is 2.73. The molecule has 3 amide bonds. The average Bonchev–Trinajstić information content (AvgIpc) is 3.54. The van der Waals surface area contributed by atoms with E-state index in [2.05, 4.69) is 10.6 Å². The second-order valence-electron chi connectivity index (χ2n) is 11.5. The maximum Gasteiger partial charge on any atom is 0.246 e. The lowest BCUT2D eigenvalue weighted by atomic mass is 9.74. The number of fused-ring (bicyclic) bond motifs is 1. The van der Waals surface area contributed by atoms with Gasteiger partial charge in [-0.05, 0) is 50.3 Å². The predicted molar refractivity (Wildman–Crippen MR) is 141 cm³/mol. The topological polar surface area (TPSA) is 87.7 Å². The Morgan fingerprint density at radius 3 is 2.43 bits per heavy atom. The van der Waals surface area contributed by atoms with Gasteiger partial charge in [0.1, 0.15) is 11.6 Å². The molecule has 0 radical (unpaired) electrons. The van der Waals surface area contributed by atoms with Gasteiger partial charge < -0.3 is 20.3 Å². The molecule has 6 rings (SSSR count). The molecule has 0 aromatic heterocycles. The van der Waals surface area contributed by atoms with Crippen LogP contribution in [-0.2, 0) is 19.1 Å². The van der Waals surface area contributed by atoms with Crippen LogP contribution in [0.1, 0.15) is 69.8 Å². The van der Waals surface area contributed by atoms with Crippen molar-refractivity contribution >= 4 is 35.0 Å². The minimum Gasteiger partial charge on any atom is -0.359 e. The number of hydrogen-bond acceptors (Lipinski definition) is 4. The van der Waals surface area contributed by atoms with Gasteiger partial charge in [-0.3, -0.25) is 14.4 Å². The van der Waals surface area contributed by atoms with E-state index in [0.29, 0.717) is 10.7 Å². The summed E-state index contributed by atoms with van der Waals surface area (Å²) < 4.78 is 6.49. The van der Waals surface area contributed by atoms with Gasteiger partial charge >= 0.3 is 0 Å². The Morgan fingerprint density at radius 1 is 1.03 bits per heavy atom. The fourth-order valence-electron chi connectivity index (χ4n) is 7.38. The zero-order chi connectivity index (χ0) is 25.7. The molecule has 0 unspecified atom stereocenters. The lowest BCUT2D eigenvalue weighted by Crippen LogP contribution is -2.58. The van der Waals surface area contributed by atoms with E-state index in [9.17, 15) is 14.4 Å². The monoisotopic (exact) mass is 525 g/mol. The summed E-state index contributed by atoms with van der Waals surface area (Å²) in [5.74, 6) is -1.94. The normalized spacial score (nSPS) is 33.6. The van der Waals surface area contributed by atoms with Crippen LogP contribution in [0.25, 0.3) is 0 Å². The molecular formula is C29H36ClN3O4. The molecule has 8 heteroatoms. The first-order valence-corrected chi connectivity index (χ1v) is 14.3. The Balaban J connectivity index is 1.31. The van der Waals surface area contributed by atoms with Crippen LogP contribution in [0, 0.1) is 18.8 Å². The van der Waals surface area contributed by atoms with Gasteiger partial charge in [-0.1, -0.05) is 68.3 Å². The molecule has 5 atom stereocenters. The first-order valence-electron chi connectivity index (χ1n) is 14.0. The van der Waals surface area contributed by atoms with Crippen molar-refractivity contribution in [3.8, 4) is 0 Å². The van der Waals surface area contributed by atoms with Gasteiger partial charge in [0, 0.05) is 22.8 Å². The summed E-state index contributed by atoms with van der Waals surface area (Å²) in [6.07, 6.45) is 13.6. The van der Waals surface area contributed by atoms with Crippen molar-refractivity contribution in [3.05, 3.63) is 40.9 Å². The number of hydrogen-bond donors (Lipinski definition) is 2. The summed E-state index contributed by atoms with van der Waals surface area (Å²) in [5.41, 5.74) is 0.401. The highest BCUT2D eigenvalue weighted by molar-refractivity contribution is 6.31. The summed E-state index contributed by atoms with van der Waals surface area (Å²) in [6, 6.07) is 4.77. The van der Waals surface area contributed by atoms with Gasteiger partial charge in [0.05, 0.1) is 17.9 Å². The third-order valence-corrected chi connectivity index (χ3v) is 9.63. The molecule has 198 valence electrons. The smallest absolute Gasteiger partial charge is 0.246 e. The minimum atomic E-state index is -1.11. The predicted octanol–water partition coefficient (Wildman–Crippen LogP) is 4.52. The number of nitrogens with zero attached hydrogens (tertiary/aromatic N) is 1. The van der Waals surface area contributed by atoms with Crippen LogP contribution in [0.5, 0.6) is 0 Å². The van der Waals surface area contributed by atoms with Gasteiger partial charge in [-0.25, -0.2) is 0 Å². The Kier molecular flexibility index (Phi) is 6.56. The third-order valence-electron chi connectivity index (χ3n) is 9.22. The molecule has 3 aliphatic heterocycles. The summed E-state index contributed by atoms with van der Waals surface area (Å²) >= 11 is 6.28. The van der Waals surface area contributed by atoms with E-state index < -0.39 is 29.6 Å². The Labute approximate surface area is 223 Å². The molecule has 2 bridgehead atoms. The van der Waals surface area contributed by atoms with Crippen LogP contribution in [0.15, 0.2) is 30.4 Å². The zero-order valence-corrected chi connectivity index (χ0v) is 22.1. The number of anilines is 1. The molecular weight excluding hydrogens is 490 g/mol. The van der Waals surface area contributed by atoms with Crippen LogP contribution in [-0.4, -0.2) is 52.5 Å². The lowest BCUT2D eigenvalue weighted by Gasteiger charge is -2.39. The number of rotatable bonds is 5. The maximum atomic E-state index is 14.2. The number of carbonyl (C=O) groups is 3. The first kappa shape index (κ1) is 24.9. The van der Waals surface area contributed by atoms with Crippen molar-refractivity contribution in [2.24, 2.45) is 11.8 Å². The fraction of sp³-hybridized carbons (Fsp3) is 0.621. The van der Waals surface area contributed by atoms with Crippen LogP contribution < -0.4 is 10.6 Å². The summed E-state index contributed by atoms with van der Waals surface area (Å²) in [5, 5.41) is 6.80. The molecule has 1 spiro atoms. The molecule has 4 fully saturated rings. The molecule has 1 aromatic rings. The molecule has 7 nitrogen and oxygen atoms in total. The fourth-order valence-corrected chi connectivity index (χ4v) is 7.56. The molecule has 2 saturated heterocycles. The lowest BCUT2D eigenvalue weighted by molar-refractivity contribution is -0.144. The van der Waals surface area contributed by atoms with Crippen molar-refractivity contribution in [1.29, 1.82) is 0 Å². The van der Waals surface area contributed by atoms with Crippen LogP contribution in [0.3, 0.4) is 0 Å². The van der Waals surface area contributed by atoms with Gasteiger partial charge in [0.2, 0.25) is 17.7 Å². The van der Waals surface area contributed by atoms with Crippen molar-refractivity contribution in [2.75, 3.05) is 5.32 Å². The molecule has 2 N–H and O–H groups in total. The van der Waals surface area contributed by atoms with Crippen molar-refractivity contribution < 1.29 is 19.1 Å². The Bertz CT molecular complexity index is 1130. The minimum absolute atomic E-state index is 0.000928. The highest BCUT2D eigenvalue weighted by Crippen LogP contribution is 2.56. The maximum absolute atomic E-state index is 14.2. The standard InChI is InChI=1S/C29H36ClN3O4/c1-17-12-13-19(16-21(17)30)32-26(34)23-22-14-15-29(37-22)24(23)28(36)33(20-10-6-3-7-11-20)25(29)27(35)31-18-8-4-2-5-9-18/h12-16,18,20,22-25H,2-11H2,1H3,(H,31,35)(H,32,34)/t22-,23-,24-,25+,29-/m0/s1. The van der Waals surface area contributed by atoms with Crippen molar-refractivity contribution in [1.82, 2.24) is 10.2 Å². The van der Waals surface area contributed by atoms with Gasteiger partial charge in [0.15, 0.2) is 0 Å². The average molecular weight is 526 g/mol. The molecule has 2 saturated carbocycles. The van der Waals surface area contributed by atoms with Crippen molar-refractivity contribution in [2.45, 2.75) is 101 Å². The van der Waals surface area contributed by atoms with E-state index in [0.717, 1.165) is 63.4 Å². The molecule has 5 aliphatic rings. The first-order chi connectivity index (χ1) is 17.9. The zero-order valence-electron chi connectivity index (χ0n) is 21.4. The third kappa shape index (κ3) is 4.19. The van der Waals surface area contributed by atoms with Crippen LogP contribution in [0.4, 0.5) is 5.69 Å². The molecule has 1 aromatic carbocycles. The number of carbonyl (C=O) groups excluding carboxylic acids is 3. The second kappa shape index (κ2) is 9.73. The number of aryl methyl sites for hydroxylation is 1. The van der Waals surface area contributed by atoms with E-state index in [1.807, 2.05) is 36.1 Å². The number of halogens is 1. The summed E-state index contributed by atoms with van der Waals surface area (Å²) in [4.78, 5) is 43.6. The van der Waals surface area contributed by atoms with E-state index in [-0.39, 0.29) is 29.8 Å². The largest absolute Gasteiger partial charge is 0.359 e. The van der Waals surface area contributed by atoms with E-state index in [4.69, 9.17) is 16.3 Å². The summed E-state index contributed by atoms with van der Waals surface area (Å²) in [7, 11) is 0. The van der Waals surface area contributed by atoms with E-state index in [1.54, 1.807) is 6.07 Å². The molecule has 2 aliphatic carbocycles. The Morgan fingerprint density at radius 2 is 1.73 bits per heavy atom. The van der Waals surface area contributed by atoms with Crippen molar-refractivity contribution in [3.63, 3.8) is 0 Å². The molecule has 3 heterocycles. The quantitative estimate of drug-likeness (QED) is 0.553. The van der Waals surface area contributed by atoms with Crippen LogP contribution >= 0.6 is 11.6 Å². The number of benzene rings is 1. The van der Waals surface area contributed by atoms with Gasteiger partial charge in [-0.15, -0.1) is 0 Å². The number of nitrogens with one attached hydrogen (secondary N) is 2. The second-order valence-corrected chi connectivity index (χ2v) is 11.9. The van der Waals surface area contributed by atoms with E-state index >= 15 is 0 Å². The molecule has 37 heavy (non-hydrogen) atoms. The number of likely N-dealkylation sites (tertiary alicyclic amines) is 1. The number of amides is 3. The summed E-state index contributed by atoms with van der Waals surface area (Å²) in [6.45, 7) is 1.90.